The fourth-order valence-electron chi connectivity index (χ4n) is 1.58. The van der Waals surface area contributed by atoms with Crippen LogP contribution in [0.2, 0.25) is 0 Å². The van der Waals surface area contributed by atoms with Crippen molar-refractivity contribution in [2.75, 3.05) is 0 Å². The minimum atomic E-state index is -2.45. The van der Waals surface area contributed by atoms with Gasteiger partial charge in [0.25, 0.3) is 6.43 Å². The van der Waals surface area contributed by atoms with Gasteiger partial charge in [0.2, 0.25) is 0 Å². The molecule has 3 nitrogen and oxygen atoms in total. The maximum Gasteiger partial charge on any atom is 0.304 e. The van der Waals surface area contributed by atoms with Crippen molar-refractivity contribution >= 4 is 11.3 Å². The van der Waals surface area contributed by atoms with Gasteiger partial charge in [-0.05, 0) is 11.6 Å². The highest BCUT2D eigenvalue weighted by Gasteiger charge is 2.06. The van der Waals surface area contributed by atoms with E-state index in [1.165, 1.54) is 12.1 Å². The first-order valence-corrected chi connectivity index (χ1v) is 6.27. The first-order valence-electron chi connectivity index (χ1n) is 5.39. The summed E-state index contributed by atoms with van der Waals surface area (Å²) in [6, 6.07) is 6.29. The minimum Gasteiger partial charge on any atom is -0.315 e. The maximum atomic E-state index is 12.5. The highest BCUT2D eigenvalue weighted by atomic mass is 32.1. The van der Waals surface area contributed by atoms with Crippen molar-refractivity contribution in [1.29, 1.82) is 0 Å². The van der Waals surface area contributed by atoms with E-state index in [1.807, 2.05) is 0 Å². The number of aromatic amines is 1. The summed E-state index contributed by atoms with van der Waals surface area (Å²) in [4.78, 5) is 13.5. The Balaban J connectivity index is 1.90. The molecule has 0 aliphatic heterocycles. The molecule has 0 aliphatic carbocycles. The number of halogens is 2. The summed E-state index contributed by atoms with van der Waals surface area (Å²) in [6.07, 6.45) is -2.45. The molecule has 2 N–H and O–H groups in total. The van der Waals surface area contributed by atoms with E-state index in [9.17, 15) is 13.6 Å². The Morgan fingerprint density at radius 3 is 2.83 bits per heavy atom. The zero-order valence-corrected chi connectivity index (χ0v) is 10.3. The number of H-pyrrole nitrogens is 1. The van der Waals surface area contributed by atoms with E-state index in [4.69, 9.17) is 0 Å². The van der Waals surface area contributed by atoms with E-state index < -0.39 is 6.43 Å². The molecule has 2 aromatic rings. The SMILES string of the molecule is O=c1[nH]c(CNCc2cccc(C(F)F)c2)cs1. The molecule has 6 heteroatoms. The predicted octanol–water partition coefficient (Wildman–Crippen LogP) is 2.66. The second-order valence-corrected chi connectivity index (χ2v) is 4.66. The number of thiazole rings is 1. The zero-order chi connectivity index (χ0) is 13.0. The highest BCUT2D eigenvalue weighted by Crippen LogP contribution is 2.19. The van der Waals surface area contributed by atoms with Crippen molar-refractivity contribution in [3.63, 3.8) is 0 Å². The molecule has 18 heavy (non-hydrogen) atoms. The molecule has 1 aromatic carbocycles. The van der Waals surface area contributed by atoms with E-state index in [-0.39, 0.29) is 10.4 Å². The Bertz CT molecular complexity index is 565. The smallest absolute Gasteiger partial charge is 0.304 e. The number of alkyl halides is 2. The number of benzene rings is 1. The van der Waals surface area contributed by atoms with Gasteiger partial charge in [0, 0.05) is 29.7 Å². The number of nitrogens with one attached hydrogen (secondary N) is 2. The lowest BCUT2D eigenvalue weighted by atomic mass is 10.1. The number of rotatable bonds is 5. The van der Waals surface area contributed by atoms with Crippen LogP contribution in [0.4, 0.5) is 8.78 Å². The van der Waals surface area contributed by atoms with Crippen LogP contribution in [0, 0.1) is 0 Å². The van der Waals surface area contributed by atoms with Crippen LogP contribution in [0.5, 0.6) is 0 Å². The fourth-order valence-corrected chi connectivity index (χ4v) is 2.16. The topological polar surface area (TPSA) is 44.9 Å². The molecule has 0 unspecified atom stereocenters. The molecule has 0 saturated heterocycles. The molecule has 0 fully saturated rings. The van der Waals surface area contributed by atoms with E-state index in [1.54, 1.807) is 17.5 Å². The lowest BCUT2D eigenvalue weighted by Gasteiger charge is -2.05. The molecule has 0 atom stereocenters. The third kappa shape index (κ3) is 3.48. The van der Waals surface area contributed by atoms with Crippen molar-refractivity contribution in [3.05, 3.63) is 56.1 Å². The molecule has 0 radical (unpaired) electrons. The first kappa shape index (κ1) is 12.9. The molecule has 0 amide bonds. The molecule has 1 aromatic heterocycles. The summed E-state index contributed by atoms with van der Waals surface area (Å²) in [5.74, 6) is 0. The van der Waals surface area contributed by atoms with Crippen molar-refractivity contribution in [1.82, 2.24) is 10.3 Å². The van der Waals surface area contributed by atoms with Gasteiger partial charge in [-0.3, -0.25) is 4.79 Å². The van der Waals surface area contributed by atoms with Crippen molar-refractivity contribution in [2.24, 2.45) is 0 Å². The Morgan fingerprint density at radius 1 is 1.33 bits per heavy atom. The largest absolute Gasteiger partial charge is 0.315 e. The van der Waals surface area contributed by atoms with Gasteiger partial charge in [-0.1, -0.05) is 29.5 Å². The molecule has 1 heterocycles. The summed E-state index contributed by atoms with van der Waals surface area (Å²) >= 11 is 1.11. The van der Waals surface area contributed by atoms with Gasteiger partial charge in [-0.25, -0.2) is 8.78 Å². The number of hydrogen-bond acceptors (Lipinski definition) is 3. The zero-order valence-electron chi connectivity index (χ0n) is 9.45. The molecule has 0 aliphatic rings. The first-order chi connectivity index (χ1) is 8.65. The van der Waals surface area contributed by atoms with Crippen LogP contribution in [0.3, 0.4) is 0 Å². The van der Waals surface area contributed by atoms with Crippen LogP contribution in [0.1, 0.15) is 23.2 Å². The third-order valence-electron chi connectivity index (χ3n) is 2.42. The van der Waals surface area contributed by atoms with E-state index in [0.717, 1.165) is 22.6 Å². The minimum absolute atomic E-state index is 0.0261. The normalized spacial score (nSPS) is 11.1. The molecular weight excluding hydrogens is 258 g/mol. The Hall–Kier alpha value is -1.53. The number of aromatic nitrogens is 1. The maximum absolute atomic E-state index is 12.5. The summed E-state index contributed by atoms with van der Waals surface area (Å²) in [7, 11) is 0. The molecule has 2 rings (SSSR count). The van der Waals surface area contributed by atoms with Crippen molar-refractivity contribution < 1.29 is 8.78 Å². The third-order valence-corrected chi connectivity index (χ3v) is 3.14. The monoisotopic (exact) mass is 270 g/mol. The Labute approximate surface area is 106 Å². The second-order valence-electron chi connectivity index (χ2n) is 3.82. The second kappa shape index (κ2) is 5.88. The van der Waals surface area contributed by atoms with E-state index in [2.05, 4.69) is 10.3 Å². The van der Waals surface area contributed by atoms with Gasteiger partial charge >= 0.3 is 4.87 Å². The van der Waals surface area contributed by atoms with Gasteiger partial charge < -0.3 is 10.3 Å². The quantitative estimate of drug-likeness (QED) is 0.877. The summed E-state index contributed by atoms with van der Waals surface area (Å²) in [6.45, 7) is 0.996. The average molecular weight is 270 g/mol. The molecule has 0 bridgehead atoms. The van der Waals surface area contributed by atoms with Crippen LogP contribution in [-0.2, 0) is 13.1 Å². The fraction of sp³-hybridized carbons (Fsp3) is 0.250. The molecule has 96 valence electrons. The lowest BCUT2D eigenvalue weighted by Crippen LogP contribution is -2.13. The summed E-state index contributed by atoms with van der Waals surface area (Å²) in [5.41, 5.74) is 1.62. The standard InChI is InChI=1S/C12H12F2N2OS/c13-11(14)9-3-1-2-8(4-9)5-15-6-10-7-18-12(17)16-10/h1-4,7,11,15H,5-6H2,(H,16,17). The number of hydrogen-bond donors (Lipinski definition) is 2. The predicted molar refractivity (Wildman–Crippen MR) is 66.9 cm³/mol. The van der Waals surface area contributed by atoms with Gasteiger partial charge in [-0.15, -0.1) is 0 Å². The van der Waals surface area contributed by atoms with E-state index >= 15 is 0 Å². The van der Waals surface area contributed by atoms with Gasteiger partial charge in [0.15, 0.2) is 0 Å². The van der Waals surface area contributed by atoms with Crippen molar-refractivity contribution in [3.8, 4) is 0 Å². The van der Waals surface area contributed by atoms with Crippen LogP contribution in [-0.4, -0.2) is 4.98 Å². The van der Waals surface area contributed by atoms with Crippen molar-refractivity contribution in [2.45, 2.75) is 19.5 Å². The van der Waals surface area contributed by atoms with Gasteiger partial charge in [0.1, 0.15) is 0 Å². The molecule has 0 spiro atoms. The van der Waals surface area contributed by atoms with Crippen LogP contribution < -0.4 is 10.2 Å². The van der Waals surface area contributed by atoms with Gasteiger partial charge in [0.05, 0.1) is 0 Å². The molecular formula is C12H12F2N2OS. The highest BCUT2D eigenvalue weighted by molar-refractivity contribution is 7.07. The average Bonchev–Trinajstić information content (AvgIpc) is 2.75. The van der Waals surface area contributed by atoms with E-state index in [0.29, 0.717) is 13.1 Å². The van der Waals surface area contributed by atoms with Crippen LogP contribution >= 0.6 is 11.3 Å². The van der Waals surface area contributed by atoms with Gasteiger partial charge in [-0.2, -0.15) is 0 Å². The summed E-state index contributed by atoms with van der Waals surface area (Å²) < 4.78 is 25.0. The molecule has 0 saturated carbocycles. The lowest BCUT2D eigenvalue weighted by molar-refractivity contribution is 0.151. The Morgan fingerprint density at radius 2 is 2.17 bits per heavy atom. The van der Waals surface area contributed by atoms with Crippen LogP contribution in [0.15, 0.2) is 34.4 Å². The van der Waals surface area contributed by atoms with Crippen LogP contribution in [0.25, 0.3) is 0 Å². The summed E-state index contributed by atoms with van der Waals surface area (Å²) in [5, 5.41) is 4.83. The Kier molecular flexibility index (Phi) is 4.22.